The van der Waals surface area contributed by atoms with E-state index in [1.807, 2.05) is 24.3 Å². The number of unbranched alkanes of at least 4 members (excludes halogenated alkanes) is 1. The van der Waals surface area contributed by atoms with Crippen molar-refractivity contribution in [1.29, 1.82) is 5.26 Å². The molecular weight excluding hydrogens is 270 g/mol. The van der Waals surface area contributed by atoms with E-state index < -0.39 is 0 Å². The highest BCUT2D eigenvalue weighted by Gasteiger charge is 2.20. The maximum atomic E-state index is 8.77. The van der Waals surface area contributed by atoms with Crippen LogP contribution in [0.2, 0.25) is 0 Å². The van der Waals surface area contributed by atoms with Crippen LogP contribution in [0, 0.1) is 23.2 Å². The molecule has 1 N–H and O–H groups in total. The van der Waals surface area contributed by atoms with Crippen LogP contribution in [0.3, 0.4) is 0 Å². The number of hydrogen-bond acceptors (Lipinski definition) is 3. The summed E-state index contributed by atoms with van der Waals surface area (Å²) in [5.74, 6) is 1.72. The van der Waals surface area contributed by atoms with Crippen LogP contribution in [0.5, 0.6) is 0 Å². The first-order valence-corrected chi connectivity index (χ1v) is 8.59. The van der Waals surface area contributed by atoms with Gasteiger partial charge in [-0.25, -0.2) is 0 Å². The van der Waals surface area contributed by atoms with Gasteiger partial charge >= 0.3 is 0 Å². The zero-order valence-corrected chi connectivity index (χ0v) is 14.0. The molecule has 1 aliphatic heterocycles. The van der Waals surface area contributed by atoms with Crippen molar-refractivity contribution in [2.75, 3.05) is 26.2 Å². The van der Waals surface area contributed by atoms with Gasteiger partial charge in [0.15, 0.2) is 0 Å². The molecule has 0 aliphatic carbocycles. The predicted octanol–water partition coefficient (Wildman–Crippen LogP) is 3.41. The molecular formula is C19H29N3. The minimum absolute atomic E-state index is 0.730. The summed E-state index contributed by atoms with van der Waals surface area (Å²) in [6.45, 7) is 10.5. The summed E-state index contributed by atoms with van der Waals surface area (Å²) >= 11 is 0. The number of piperidine rings is 1. The molecule has 1 aliphatic rings. The molecule has 1 aromatic carbocycles. The van der Waals surface area contributed by atoms with Gasteiger partial charge in [0.05, 0.1) is 11.6 Å². The van der Waals surface area contributed by atoms with Crippen molar-refractivity contribution in [1.82, 2.24) is 10.2 Å². The Kier molecular flexibility index (Phi) is 6.89. The Bertz CT molecular complexity index is 464. The van der Waals surface area contributed by atoms with Gasteiger partial charge in [-0.2, -0.15) is 5.26 Å². The highest BCUT2D eigenvalue weighted by molar-refractivity contribution is 5.31. The van der Waals surface area contributed by atoms with Crippen molar-refractivity contribution in [2.45, 2.75) is 39.7 Å². The van der Waals surface area contributed by atoms with Crippen LogP contribution >= 0.6 is 0 Å². The summed E-state index contributed by atoms with van der Waals surface area (Å²) in [5.41, 5.74) is 1.98. The molecule has 2 unspecified atom stereocenters. The second-order valence-electron chi connectivity index (χ2n) is 6.90. The molecule has 0 spiro atoms. The molecule has 3 heteroatoms. The molecule has 0 bridgehead atoms. The molecule has 1 heterocycles. The summed E-state index contributed by atoms with van der Waals surface area (Å²) in [7, 11) is 0. The summed E-state index contributed by atoms with van der Waals surface area (Å²) in [5, 5.41) is 12.3. The van der Waals surface area contributed by atoms with Crippen molar-refractivity contribution >= 4 is 0 Å². The van der Waals surface area contributed by atoms with Crippen molar-refractivity contribution < 1.29 is 0 Å². The van der Waals surface area contributed by atoms with E-state index in [2.05, 4.69) is 30.1 Å². The minimum Gasteiger partial charge on any atom is -0.313 e. The quantitative estimate of drug-likeness (QED) is 0.784. The number of likely N-dealkylation sites (tertiary alicyclic amines) is 1. The highest BCUT2D eigenvalue weighted by atomic mass is 15.1. The number of nitriles is 1. The monoisotopic (exact) mass is 299 g/mol. The molecule has 22 heavy (non-hydrogen) atoms. The van der Waals surface area contributed by atoms with E-state index in [1.54, 1.807) is 0 Å². The van der Waals surface area contributed by atoms with Crippen molar-refractivity contribution in [3.8, 4) is 6.07 Å². The fraction of sp³-hybridized carbons (Fsp3) is 0.632. The van der Waals surface area contributed by atoms with Crippen LogP contribution in [-0.4, -0.2) is 31.1 Å². The smallest absolute Gasteiger partial charge is 0.0991 e. The van der Waals surface area contributed by atoms with Crippen LogP contribution < -0.4 is 5.32 Å². The number of nitrogens with one attached hydrogen (secondary N) is 1. The largest absolute Gasteiger partial charge is 0.313 e. The predicted molar refractivity (Wildman–Crippen MR) is 91.5 cm³/mol. The van der Waals surface area contributed by atoms with E-state index in [-0.39, 0.29) is 0 Å². The number of benzene rings is 1. The Balaban J connectivity index is 1.54. The Morgan fingerprint density at radius 1 is 1.14 bits per heavy atom. The van der Waals surface area contributed by atoms with Crippen molar-refractivity contribution in [3.63, 3.8) is 0 Å². The second kappa shape index (κ2) is 8.92. The molecule has 120 valence electrons. The molecule has 2 atom stereocenters. The van der Waals surface area contributed by atoms with Gasteiger partial charge in [-0.1, -0.05) is 26.0 Å². The first kappa shape index (κ1) is 17.0. The Morgan fingerprint density at radius 3 is 2.45 bits per heavy atom. The van der Waals surface area contributed by atoms with E-state index in [1.165, 1.54) is 44.5 Å². The third kappa shape index (κ3) is 5.79. The normalized spacial score (nSPS) is 22.4. The SMILES string of the molecule is CC1CC(C)CN(CCCCNCc2ccc(C#N)cc2)C1. The molecule has 3 nitrogen and oxygen atoms in total. The summed E-state index contributed by atoms with van der Waals surface area (Å²) in [6.07, 6.45) is 3.90. The maximum Gasteiger partial charge on any atom is 0.0991 e. The molecule has 2 rings (SSSR count). The summed E-state index contributed by atoms with van der Waals surface area (Å²) in [6, 6.07) is 9.98. The van der Waals surface area contributed by atoms with Crippen molar-refractivity contribution in [3.05, 3.63) is 35.4 Å². The van der Waals surface area contributed by atoms with Crippen LogP contribution in [0.4, 0.5) is 0 Å². The molecule has 1 fully saturated rings. The Hall–Kier alpha value is -1.37. The fourth-order valence-corrected chi connectivity index (χ4v) is 3.49. The van der Waals surface area contributed by atoms with E-state index in [0.717, 1.165) is 30.5 Å². The van der Waals surface area contributed by atoms with Crippen LogP contribution in [0.15, 0.2) is 24.3 Å². The zero-order valence-electron chi connectivity index (χ0n) is 14.0. The maximum absolute atomic E-state index is 8.77. The lowest BCUT2D eigenvalue weighted by Crippen LogP contribution is -2.39. The van der Waals surface area contributed by atoms with Gasteiger partial charge in [0.1, 0.15) is 0 Å². The minimum atomic E-state index is 0.730. The summed E-state index contributed by atoms with van der Waals surface area (Å²) in [4.78, 5) is 2.64. The molecule has 1 aromatic rings. The topological polar surface area (TPSA) is 39.1 Å². The lowest BCUT2D eigenvalue weighted by atomic mass is 9.92. The van der Waals surface area contributed by atoms with Gasteiger partial charge in [-0.05, 0) is 61.9 Å². The lowest BCUT2D eigenvalue weighted by molar-refractivity contribution is 0.139. The van der Waals surface area contributed by atoms with Gasteiger partial charge in [0.2, 0.25) is 0 Å². The third-order valence-electron chi connectivity index (χ3n) is 4.43. The average molecular weight is 299 g/mol. The number of nitrogens with zero attached hydrogens (tertiary/aromatic N) is 2. The zero-order chi connectivity index (χ0) is 15.8. The second-order valence-corrected chi connectivity index (χ2v) is 6.90. The standard InChI is InChI=1S/C19H29N3/c1-16-11-17(2)15-22(14-16)10-4-3-9-21-13-19-7-5-18(12-20)6-8-19/h5-8,16-17,21H,3-4,9-11,13-15H2,1-2H3. The first-order valence-electron chi connectivity index (χ1n) is 8.59. The van der Waals surface area contributed by atoms with Crippen molar-refractivity contribution in [2.24, 2.45) is 11.8 Å². The molecule has 1 saturated heterocycles. The third-order valence-corrected chi connectivity index (χ3v) is 4.43. The van der Waals surface area contributed by atoms with Gasteiger partial charge in [-0.3, -0.25) is 0 Å². The number of rotatable bonds is 7. The van der Waals surface area contributed by atoms with E-state index in [4.69, 9.17) is 5.26 Å². The summed E-state index contributed by atoms with van der Waals surface area (Å²) < 4.78 is 0. The van der Waals surface area contributed by atoms with Crippen LogP contribution in [0.1, 0.15) is 44.2 Å². The van der Waals surface area contributed by atoms with Gasteiger partial charge in [0, 0.05) is 19.6 Å². The van der Waals surface area contributed by atoms with E-state index >= 15 is 0 Å². The van der Waals surface area contributed by atoms with Gasteiger partial charge < -0.3 is 10.2 Å². The first-order chi connectivity index (χ1) is 10.7. The van der Waals surface area contributed by atoms with Crippen LogP contribution in [-0.2, 0) is 6.54 Å². The fourth-order valence-electron chi connectivity index (χ4n) is 3.49. The molecule has 0 aromatic heterocycles. The van der Waals surface area contributed by atoms with E-state index in [0.29, 0.717) is 0 Å². The van der Waals surface area contributed by atoms with Crippen LogP contribution in [0.25, 0.3) is 0 Å². The molecule has 0 amide bonds. The Labute approximate surface area is 135 Å². The average Bonchev–Trinajstić information content (AvgIpc) is 2.50. The van der Waals surface area contributed by atoms with Gasteiger partial charge in [0.25, 0.3) is 0 Å². The lowest BCUT2D eigenvalue weighted by Gasteiger charge is -2.34. The Morgan fingerprint density at radius 2 is 1.82 bits per heavy atom. The molecule has 0 saturated carbocycles. The van der Waals surface area contributed by atoms with E-state index in [9.17, 15) is 0 Å². The molecule has 0 radical (unpaired) electrons. The number of hydrogen-bond donors (Lipinski definition) is 1. The van der Waals surface area contributed by atoms with Gasteiger partial charge in [-0.15, -0.1) is 0 Å². The highest BCUT2D eigenvalue weighted by Crippen LogP contribution is 2.20.